The summed E-state index contributed by atoms with van der Waals surface area (Å²) in [6.07, 6.45) is 3.73. The van der Waals surface area contributed by atoms with Crippen LogP contribution in [-0.4, -0.2) is 25.0 Å². The van der Waals surface area contributed by atoms with E-state index in [1.807, 2.05) is 18.4 Å². The zero-order valence-corrected chi connectivity index (χ0v) is 11.6. The van der Waals surface area contributed by atoms with Crippen LogP contribution in [0.15, 0.2) is 11.4 Å². The number of hydrogen-bond acceptors (Lipinski definition) is 3. The molecule has 2 aliphatic rings. The SMILES string of the molecule is Cc1ccsc1C(=O)N[C@@H]1C[C@H]1C1CCNCC1. The smallest absolute Gasteiger partial charge is 0.261 e. The Bertz CT molecular complexity index is 437. The van der Waals surface area contributed by atoms with Crippen molar-refractivity contribution in [2.24, 2.45) is 11.8 Å². The second-order valence-corrected chi connectivity index (χ2v) is 6.42. The molecule has 4 heteroatoms. The van der Waals surface area contributed by atoms with Gasteiger partial charge in [0, 0.05) is 6.04 Å². The largest absolute Gasteiger partial charge is 0.348 e. The van der Waals surface area contributed by atoms with Crippen molar-refractivity contribution in [1.29, 1.82) is 0 Å². The maximum Gasteiger partial charge on any atom is 0.261 e. The van der Waals surface area contributed by atoms with E-state index in [4.69, 9.17) is 0 Å². The van der Waals surface area contributed by atoms with Crippen molar-refractivity contribution in [2.45, 2.75) is 32.2 Å². The summed E-state index contributed by atoms with van der Waals surface area (Å²) in [4.78, 5) is 13.0. The first-order valence-corrected chi connectivity index (χ1v) is 7.69. The normalized spacial score (nSPS) is 28.1. The van der Waals surface area contributed by atoms with Gasteiger partial charge < -0.3 is 10.6 Å². The van der Waals surface area contributed by atoms with Crippen molar-refractivity contribution in [3.63, 3.8) is 0 Å². The Morgan fingerprint density at radius 2 is 2.22 bits per heavy atom. The molecule has 1 aliphatic heterocycles. The molecule has 1 aromatic heterocycles. The highest BCUT2D eigenvalue weighted by atomic mass is 32.1. The van der Waals surface area contributed by atoms with Gasteiger partial charge in [0.2, 0.25) is 0 Å². The number of carbonyl (C=O) groups excluding carboxylic acids is 1. The number of piperidine rings is 1. The molecule has 0 radical (unpaired) electrons. The van der Waals surface area contributed by atoms with E-state index < -0.39 is 0 Å². The van der Waals surface area contributed by atoms with Crippen LogP contribution in [0.5, 0.6) is 0 Å². The quantitative estimate of drug-likeness (QED) is 0.878. The zero-order chi connectivity index (χ0) is 12.5. The number of thiophene rings is 1. The fourth-order valence-corrected chi connectivity index (χ4v) is 3.84. The van der Waals surface area contributed by atoms with Crippen LogP contribution >= 0.6 is 11.3 Å². The summed E-state index contributed by atoms with van der Waals surface area (Å²) in [7, 11) is 0. The number of carbonyl (C=O) groups is 1. The molecule has 0 unspecified atom stereocenters. The minimum atomic E-state index is 0.129. The van der Waals surface area contributed by atoms with Crippen molar-refractivity contribution in [3.8, 4) is 0 Å². The molecule has 1 saturated heterocycles. The van der Waals surface area contributed by atoms with Crippen LogP contribution < -0.4 is 10.6 Å². The lowest BCUT2D eigenvalue weighted by Crippen LogP contribution is -2.32. The second kappa shape index (κ2) is 5.02. The van der Waals surface area contributed by atoms with Gasteiger partial charge in [0.1, 0.15) is 0 Å². The summed E-state index contributed by atoms with van der Waals surface area (Å²) in [6.45, 7) is 4.29. The van der Waals surface area contributed by atoms with Gasteiger partial charge in [-0.25, -0.2) is 0 Å². The van der Waals surface area contributed by atoms with Crippen LogP contribution in [0.1, 0.15) is 34.5 Å². The predicted octanol–water partition coefficient (Wildman–Crippen LogP) is 2.17. The first-order chi connectivity index (χ1) is 8.75. The summed E-state index contributed by atoms with van der Waals surface area (Å²) in [5.41, 5.74) is 1.09. The number of amides is 1. The van der Waals surface area contributed by atoms with Gasteiger partial charge in [-0.15, -0.1) is 11.3 Å². The Labute approximate surface area is 112 Å². The molecule has 2 fully saturated rings. The minimum absolute atomic E-state index is 0.129. The van der Waals surface area contributed by atoms with E-state index in [0.29, 0.717) is 6.04 Å². The molecule has 0 aromatic carbocycles. The number of hydrogen-bond donors (Lipinski definition) is 2. The first kappa shape index (κ1) is 12.2. The Morgan fingerprint density at radius 1 is 1.44 bits per heavy atom. The third kappa shape index (κ3) is 2.45. The van der Waals surface area contributed by atoms with E-state index >= 15 is 0 Å². The van der Waals surface area contributed by atoms with Crippen molar-refractivity contribution in [2.75, 3.05) is 13.1 Å². The van der Waals surface area contributed by atoms with E-state index in [-0.39, 0.29) is 5.91 Å². The van der Waals surface area contributed by atoms with Crippen LogP contribution in [0.2, 0.25) is 0 Å². The van der Waals surface area contributed by atoms with Gasteiger partial charge in [-0.05, 0) is 68.1 Å². The molecule has 3 nitrogen and oxygen atoms in total. The number of nitrogens with one attached hydrogen (secondary N) is 2. The fraction of sp³-hybridized carbons (Fsp3) is 0.643. The Kier molecular flexibility index (Phi) is 3.39. The summed E-state index contributed by atoms with van der Waals surface area (Å²) in [5.74, 6) is 1.68. The number of rotatable bonds is 3. The van der Waals surface area contributed by atoms with Gasteiger partial charge in [-0.1, -0.05) is 0 Å². The van der Waals surface area contributed by atoms with Crippen LogP contribution in [0.4, 0.5) is 0 Å². The van der Waals surface area contributed by atoms with E-state index in [2.05, 4.69) is 10.6 Å². The van der Waals surface area contributed by atoms with Gasteiger partial charge >= 0.3 is 0 Å². The average molecular weight is 264 g/mol. The summed E-state index contributed by atoms with van der Waals surface area (Å²) < 4.78 is 0. The highest BCUT2D eigenvalue weighted by Gasteiger charge is 2.43. The second-order valence-electron chi connectivity index (χ2n) is 5.50. The molecule has 2 N–H and O–H groups in total. The third-order valence-corrected chi connectivity index (χ3v) is 5.23. The van der Waals surface area contributed by atoms with Crippen molar-refractivity contribution in [3.05, 3.63) is 21.9 Å². The molecular weight excluding hydrogens is 244 g/mol. The number of aryl methyl sites for hydroxylation is 1. The predicted molar refractivity (Wildman–Crippen MR) is 74.0 cm³/mol. The molecule has 98 valence electrons. The third-order valence-electron chi connectivity index (χ3n) is 4.21. The lowest BCUT2D eigenvalue weighted by atomic mass is 9.93. The zero-order valence-electron chi connectivity index (χ0n) is 10.7. The molecule has 2 heterocycles. The average Bonchev–Trinajstić information content (AvgIpc) is 3.01. The maximum atomic E-state index is 12.1. The molecule has 18 heavy (non-hydrogen) atoms. The van der Waals surface area contributed by atoms with Gasteiger partial charge in [0.15, 0.2) is 0 Å². The molecule has 2 atom stereocenters. The summed E-state index contributed by atoms with van der Waals surface area (Å²) in [5, 5.41) is 8.58. The molecule has 1 saturated carbocycles. The lowest BCUT2D eigenvalue weighted by Gasteiger charge is -2.22. The highest BCUT2D eigenvalue weighted by molar-refractivity contribution is 7.12. The van der Waals surface area contributed by atoms with Gasteiger partial charge in [-0.2, -0.15) is 0 Å². The highest BCUT2D eigenvalue weighted by Crippen LogP contribution is 2.41. The summed E-state index contributed by atoms with van der Waals surface area (Å²) >= 11 is 1.54. The molecule has 1 aliphatic carbocycles. The lowest BCUT2D eigenvalue weighted by molar-refractivity contribution is 0.0950. The van der Waals surface area contributed by atoms with E-state index in [1.165, 1.54) is 19.3 Å². The fourth-order valence-electron chi connectivity index (χ4n) is 3.01. The van der Waals surface area contributed by atoms with E-state index in [1.54, 1.807) is 11.3 Å². The van der Waals surface area contributed by atoms with Crippen LogP contribution in [0.25, 0.3) is 0 Å². The Balaban J connectivity index is 1.53. The Hall–Kier alpha value is -0.870. The molecule has 3 rings (SSSR count). The van der Waals surface area contributed by atoms with Crippen molar-refractivity contribution in [1.82, 2.24) is 10.6 Å². The van der Waals surface area contributed by atoms with E-state index in [0.717, 1.165) is 35.4 Å². The van der Waals surface area contributed by atoms with Crippen molar-refractivity contribution >= 4 is 17.2 Å². The molecular formula is C14H20N2OS. The van der Waals surface area contributed by atoms with Crippen LogP contribution in [0, 0.1) is 18.8 Å². The molecule has 1 amide bonds. The van der Waals surface area contributed by atoms with Crippen LogP contribution in [-0.2, 0) is 0 Å². The molecule has 0 bridgehead atoms. The van der Waals surface area contributed by atoms with Crippen LogP contribution in [0.3, 0.4) is 0 Å². The first-order valence-electron chi connectivity index (χ1n) is 6.81. The monoisotopic (exact) mass is 264 g/mol. The molecule has 0 spiro atoms. The Morgan fingerprint density at radius 3 is 2.89 bits per heavy atom. The van der Waals surface area contributed by atoms with Crippen molar-refractivity contribution < 1.29 is 4.79 Å². The van der Waals surface area contributed by atoms with Gasteiger partial charge in [-0.3, -0.25) is 4.79 Å². The maximum absolute atomic E-state index is 12.1. The van der Waals surface area contributed by atoms with E-state index in [9.17, 15) is 4.79 Å². The standard InChI is InChI=1S/C14H20N2OS/c1-9-4-7-18-13(9)14(17)16-12-8-11(12)10-2-5-15-6-3-10/h4,7,10-12,15H,2-3,5-6,8H2,1H3,(H,16,17)/t11-,12+/m0/s1. The topological polar surface area (TPSA) is 41.1 Å². The summed E-state index contributed by atoms with van der Waals surface area (Å²) in [6, 6.07) is 2.44. The minimum Gasteiger partial charge on any atom is -0.348 e. The van der Waals surface area contributed by atoms with Gasteiger partial charge in [0.05, 0.1) is 4.88 Å². The van der Waals surface area contributed by atoms with Gasteiger partial charge in [0.25, 0.3) is 5.91 Å². The molecule has 1 aromatic rings.